The van der Waals surface area contributed by atoms with E-state index in [4.69, 9.17) is 16.3 Å². The quantitative estimate of drug-likeness (QED) is 0.457. The number of ether oxygens (including phenoxy) is 1. The number of anilines is 1. The van der Waals surface area contributed by atoms with Gasteiger partial charge < -0.3 is 10.5 Å². The summed E-state index contributed by atoms with van der Waals surface area (Å²) < 4.78 is 7.19. The van der Waals surface area contributed by atoms with Crippen molar-refractivity contribution < 1.29 is 4.74 Å². The lowest BCUT2D eigenvalue weighted by Crippen LogP contribution is -2.31. The number of hydrogen-bond acceptors (Lipinski definition) is 6. The maximum absolute atomic E-state index is 5.86. The monoisotopic (exact) mass is 265 g/mol. The van der Waals surface area contributed by atoms with Gasteiger partial charge in [0.15, 0.2) is 5.75 Å². The molecule has 0 saturated heterocycles. The van der Waals surface area contributed by atoms with Crippen LogP contribution in [0.3, 0.4) is 0 Å². The molecule has 8 nitrogen and oxygen atoms in total. The molecule has 104 valence electrons. The van der Waals surface area contributed by atoms with Gasteiger partial charge in [-0.15, -0.1) is 0 Å². The topological polar surface area (TPSA) is 120 Å². The zero-order valence-electron chi connectivity index (χ0n) is 11.2. The van der Waals surface area contributed by atoms with Gasteiger partial charge in [0.25, 0.3) is 0 Å². The lowest BCUT2D eigenvalue weighted by Gasteiger charge is -2.20. The predicted molar refractivity (Wildman–Crippen MR) is 71.3 cm³/mol. The SMILES string of the molecule is COc1cnn(C(C)C)c1C(NN)c1cn[nH]c1N. The van der Waals surface area contributed by atoms with Crippen LogP contribution in [-0.4, -0.2) is 27.1 Å². The van der Waals surface area contributed by atoms with Crippen LogP contribution in [0.25, 0.3) is 0 Å². The second kappa shape index (κ2) is 5.29. The number of nitrogen functional groups attached to an aromatic ring is 1. The fourth-order valence-electron chi connectivity index (χ4n) is 2.05. The third kappa shape index (κ3) is 2.27. The van der Waals surface area contributed by atoms with E-state index in [0.717, 1.165) is 11.3 Å². The van der Waals surface area contributed by atoms with Gasteiger partial charge in [-0.25, -0.2) is 5.43 Å². The molecule has 2 aromatic rings. The highest BCUT2D eigenvalue weighted by Crippen LogP contribution is 2.32. The van der Waals surface area contributed by atoms with E-state index < -0.39 is 0 Å². The van der Waals surface area contributed by atoms with Gasteiger partial charge in [-0.05, 0) is 13.8 Å². The lowest BCUT2D eigenvalue weighted by molar-refractivity contribution is 0.394. The summed E-state index contributed by atoms with van der Waals surface area (Å²) in [5, 5.41) is 10.9. The maximum atomic E-state index is 5.86. The first-order chi connectivity index (χ1) is 9.10. The van der Waals surface area contributed by atoms with Crippen LogP contribution < -0.4 is 21.7 Å². The van der Waals surface area contributed by atoms with E-state index in [1.165, 1.54) is 0 Å². The lowest BCUT2D eigenvalue weighted by atomic mass is 10.1. The molecule has 2 rings (SSSR count). The van der Waals surface area contributed by atoms with Gasteiger partial charge in [0.1, 0.15) is 11.5 Å². The van der Waals surface area contributed by atoms with Crippen molar-refractivity contribution in [3.05, 3.63) is 23.7 Å². The van der Waals surface area contributed by atoms with Crippen molar-refractivity contribution in [2.45, 2.75) is 25.9 Å². The number of rotatable bonds is 5. The minimum atomic E-state index is -0.349. The number of nitrogens with two attached hydrogens (primary N) is 2. The molecule has 0 amide bonds. The van der Waals surface area contributed by atoms with E-state index in [9.17, 15) is 0 Å². The van der Waals surface area contributed by atoms with Crippen LogP contribution in [0.2, 0.25) is 0 Å². The molecule has 0 spiro atoms. The average molecular weight is 265 g/mol. The predicted octanol–water partition coefficient (Wildman–Crippen LogP) is 0.331. The molecule has 1 atom stereocenters. The zero-order valence-corrected chi connectivity index (χ0v) is 11.2. The molecule has 0 bridgehead atoms. The Hall–Kier alpha value is -2.06. The molecule has 6 N–H and O–H groups in total. The number of hydrazine groups is 1. The summed E-state index contributed by atoms with van der Waals surface area (Å²) in [5.41, 5.74) is 10.2. The highest BCUT2D eigenvalue weighted by atomic mass is 16.5. The zero-order chi connectivity index (χ0) is 14.0. The van der Waals surface area contributed by atoms with Crippen molar-refractivity contribution in [2.75, 3.05) is 12.8 Å². The second-order valence-corrected chi connectivity index (χ2v) is 4.48. The molecule has 0 aliphatic heterocycles. The number of nitrogens with one attached hydrogen (secondary N) is 2. The second-order valence-electron chi connectivity index (χ2n) is 4.48. The van der Waals surface area contributed by atoms with E-state index in [2.05, 4.69) is 20.7 Å². The number of aromatic amines is 1. The van der Waals surface area contributed by atoms with Crippen molar-refractivity contribution in [1.82, 2.24) is 25.4 Å². The van der Waals surface area contributed by atoms with Crippen LogP contribution in [-0.2, 0) is 0 Å². The van der Waals surface area contributed by atoms with Gasteiger partial charge in [0.2, 0.25) is 0 Å². The van der Waals surface area contributed by atoms with Crippen LogP contribution in [0, 0.1) is 0 Å². The van der Waals surface area contributed by atoms with Crippen molar-refractivity contribution in [2.24, 2.45) is 5.84 Å². The molecular weight excluding hydrogens is 246 g/mol. The van der Waals surface area contributed by atoms with Crippen molar-refractivity contribution in [3.63, 3.8) is 0 Å². The van der Waals surface area contributed by atoms with Gasteiger partial charge in [-0.2, -0.15) is 10.2 Å². The van der Waals surface area contributed by atoms with Crippen molar-refractivity contribution in [1.29, 1.82) is 0 Å². The molecule has 0 radical (unpaired) electrons. The Morgan fingerprint density at radius 1 is 1.42 bits per heavy atom. The van der Waals surface area contributed by atoms with E-state index in [0.29, 0.717) is 11.6 Å². The van der Waals surface area contributed by atoms with Crippen LogP contribution in [0.4, 0.5) is 5.82 Å². The number of aromatic nitrogens is 4. The minimum Gasteiger partial charge on any atom is -0.493 e. The molecule has 0 aliphatic rings. The summed E-state index contributed by atoms with van der Waals surface area (Å²) in [4.78, 5) is 0. The van der Waals surface area contributed by atoms with Crippen molar-refractivity contribution >= 4 is 5.82 Å². The molecule has 0 aromatic carbocycles. The molecule has 0 fully saturated rings. The van der Waals surface area contributed by atoms with Crippen LogP contribution in [0.5, 0.6) is 5.75 Å². The summed E-state index contributed by atoms with van der Waals surface area (Å²) >= 11 is 0. The van der Waals surface area contributed by atoms with E-state index in [1.807, 2.05) is 18.5 Å². The van der Waals surface area contributed by atoms with Gasteiger partial charge in [-0.3, -0.25) is 15.6 Å². The Balaban J connectivity index is 2.54. The van der Waals surface area contributed by atoms with Crippen LogP contribution in [0.15, 0.2) is 12.4 Å². The first kappa shape index (κ1) is 13.4. The highest BCUT2D eigenvalue weighted by Gasteiger charge is 2.26. The fourth-order valence-corrected chi connectivity index (χ4v) is 2.05. The van der Waals surface area contributed by atoms with Crippen molar-refractivity contribution in [3.8, 4) is 5.75 Å². The molecule has 1 unspecified atom stereocenters. The van der Waals surface area contributed by atoms with Gasteiger partial charge in [0.05, 0.1) is 25.5 Å². The molecule has 2 heterocycles. The van der Waals surface area contributed by atoms with Gasteiger partial charge >= 0.3 is 0 Å². The molecule has 0 aliphatic carbocycles. The molecular formula is C11H19N7O. The summed E-state index contributed by atoms with van der Waals surface area (Å²) in [6.45, 7) is 4.06. The largest absolute Gasteiger partial charge is 0.493 e. The molecule has 2 aromatic heterocycles. The Bertz CT molecular complexity index is 545. The Morgan fingerprint density at radius 2 is 2.16 bits per heavy atom. The van der Waals surface area contributed by atoms with E-state index >= 15 is 0 Å². The number of hydrogen-bond donors (Lipinski definition) is 4. The number of methoxy groups -OCH3 is 1. The summed E-state index contributed by atoms with van der Waals surface area (Å²) in [5.74, 6) is 6.78. The number of nitrogens with zero attached hydrogens (tertiary/aromatic N) is 3. The summed E-state index contributed by atoms with van der Waals surface area (Å²) in [7, 11) is 1.59. The van der Waals surface area contributed by atoms with E-state index in [1.54, 1.807) is 19.5 Å². The standard InChI is InChI=1S/C11H19N7O/c1-6(2)18-10(8(19-3)5-15-18)9(16-13)7-4-14-17-11(7)12/h4-6,9,16H,13H2,1-3H3,(H3,12,14,17). The molecule has 19 heavy (non-hydrogen) atoms. The van der Waals surface area contributed by atoms with Gasteiger partial charge in [0, 0.05) is 11.6 Å². The first-order valence-corrected chi connectivity index (χ1v) is 5.96. The third-order valence-electron chi connectivity index (χ3n) is 2.96. The average Bonchev–Trinajstić information content (AvgIpc) is 2.98. The first-order valence-electron chi connectivity index (χ1n) is 5.96. The molecule has 8 heteroatoms. The third-order valence-corrected chi connectivity index (χ3v) is 2.96. The smallest absolute Gasteiger partial charge is 0.161 e. The summed E-state index contributed by atoms with van der Waals surface area (Å²) in [6, 6.07) is -0.179. The highest BCUT2D eigenvalue weighted by molar-refractivity contribution is 5.46. The number of H-pyrrole nitrogens is 1. The minimum absolute atomic E-state index is 0.169. The fraction of sp³-hybridized carbons (Fsp3) is 0.455. The Kier molecular flexibility index (Phi) is 3.72. The van der Waals surface area contributed by atoms with Gasteiger partial charge in [-0.1, -0.05) is 0 Å². The summed E-state index contributed by atoms with van der Waals surface area (Å²) in [6.07, 6.45) is 3.30. The van der Waals surface area contributed by atoms with E-state index in [-0.39, 0.29) is 12.1 Å². The molecule has 0 saturated carbocycles. The maximum Gasteiger partial charge on any atom is 0.161 e. The van der Waals surface area contributed by atoms with Crippen LogP contribution >= 0.6 is 0 Å². The normalized spacial score (nSPS) is 12.9. The Morgan fingerprint density at radius 3 is 2.63 bits per heavy atom. The van der Waals surface area contributed by atoms with Crippen LogP contribution in [0.1, 0.15) is 37.2 Å². The Labute approximate surface area is 111 Å².